The van der Waals surface area contributed by atoms with Gasteiger partial charge in [-0.05, 0) is 0 Å². The first kappa shape index (κ1) is 8.10. The van der Waals surface area contributed by atoms with E-state index < -0.39 is 6.16 Å². The first-order chi connectivity index (χ1) is 2.77. The van der Waals surface area contributed by atoms with Crippen LogP contribution in [-0.4, -0.2) is 56.1 Å². The first-order valence-corrected chi connectivity index (χ1v) is 1.41. The quantitative estimate of drug-likeness (QED) is 0.201. The maximum absolute atomic E-state index is 8.27. The van der Waals surface area contributed by atoms with Gasteiger partial charge in [0.25, 0.3) is 0 Å². The van der Waals surface area contributed by atoms with Crippen molar-refractivity contribution in [1.29, 1.82) is 0 Å². The number of hydrogen-bond acceptors (Lipinski definition) is 4. The van der Waals surface area contributed by atoms with Crippen LogP contribution in [0.1, 0.15) is 0 Å². The van der Waals surface area contributed by atoms with E-state index in [1.165, 1.54) is 7.11 Å². The second-order valence-corrected chi connectivity index (χ2v) is 0.895. The molecular weight excluding hydrogens is 128 g/mol. The zero-order chi connectivity index (χ0) is 4.62. The molecule has 1 saturated heterocycles. The second-order valence-electron chi connectivity index (χ2n) is 0.895. The van der Waals surface area contributed by atoms with Crippen LogP contribution in [0.3, 0.4) is 0 Å². The molecule has 7 heavy (non-hydrogen) atoms. The SMILES string of the molecule is COC1(O)OO1.[CaH2]. The summed E-state index contributed by atoms with van der Waals surface area (Å²) in [6, 6.07) is 0. The molecule has 0 aliphatic carbocycles. The van der Waals surface area contributed by atoms with Crippen molar-refractivity contribution < 1.29 is 19.6 Å². The summed E-state index contributed by atoms with van der Waals surface area (Å²) < 4.78 is 4.16. The van der Waals surface area contributed by atoms with Gasteiger partial charge in [-0.15, -0.1) is 9.78 Å². The van der Waals surface area contributed by atoms with E-state index in [1.54, 1.807) is 0 Å². The predicted octanol–water partition coefficient (Wildman–Crippen LogP) is -1.72. The normalized spacial score (nSPS) is 23.1. The minimum atomic E-state index is -1.71. The molecule has 0 saturated carbocycles. The van der Waals surface area contributed by atoms with Crippen LogP contribution in [0.4, 0.5) is 0 Å². The summed E-state index contributed by atoms with van der Waals surface area (Å²) in [7, 11) is 1.27. The zero-order valence-corrected chi connectivity index (χ0v) is 3.17. The number of aliphatic hydroxyl groups is 1. The van der Waals surface area contributed by atoms with Crippen LogP contribution in [-0.2, 0) is 14.5 Å². The van der Waals surface area contributed by atoms with E-state index in [9.17, 15) is 0 Å². The van der Waals surface area contributed by atoms with E-state index >= 15 is 0 Å². The molecule has 1 rings (SSSR count). The average molecular weight is 134 g/mol. The molecule has 0 radical (unpaired) electrons. The Hall–Kier alpha value is 1.10. The molecule has 0 amide bonds. The van der Waals surface area contributed by atoms with E-state index in [4.69, 9.17) is 5.11 Å². The fraction of sp³-hybridized carbons (Fsp3) is 1.00. The molecule has 0 unspecified atom stereocenters. The van der Waals surface area contributed by atoms with Crippen LogP contribution in [0.15, 0.2) is 0 Å². The molecule has 1 heterocycles. The summed E-state index contributed by atoms with van der Waals surface area (Å²) in [5.41, 5.74) is 0. The Morgan fingerprint density at radius 1 is 1.57 bits per heavy atom. The molecule has 5 heteroatoms. The number of methoxy groups -OCH3 is 1. The van der Waals surface area contributed by atoms with Gasteiger partial charge in [-0.2, -0.15) is 0 Å². The third-order valence-electron chi connectivity index (χ3n) is 0.484. The van der Waals surface area contributed by atoms with E-state index in [-0.39, 0.29) is 37.7 Å². The molecule has 40 valence electrons. The van der Waals surface area contributed by atoms with Crippen molar-refractivity contribution in [3.05, 3.63) is 0 Å². The van der Waals surface area contributed by atoms with E-state index in [0.717, 1.165) is 0 Å². The summed E-state index contributed by atoms with van der Waals surface area (Å²) in [5.74, 6) is 0. The van der Waals surface area contributed by atoms with Gasteiger partial charge in [0.1, 0.15) is 0 Å². The molecule has 1 aliphatic heterocycles. The Bertz CT molecular complexity index is 60.7. The summed E-state index contributed by atoms with van der Waals surface area (Å²) in [6.45, 7) is 0. The van der Waals surface area contributed by atoms with Crippen LogP contribution < -0.4 is 0 Å². The van der Waals surface area contributed by atoms with E-state index in [1.807, 2.05) is 0 Å². The van der Waals surface area contributed by atoms with Crippen molar-refractivity contribution in [3.8, 4) is 0 Å². The van der Waals surface area contributed by atoms with Crippen molar-refractivity contribution in [2.45, 2.75) is 6.16 Å². The standard InChI is InChI=1S/C2H4O4.Ca.2H/c1-4-2(3)5-6-2;;;/h3H,1H3;;;. The Balaban J connectivity index is 0.000000360. The zero-order valence-electron chi connectivity index (χ0n) is 3.17. The first-order valence-electron chi connectivity index (χ1n) is 1.41. The maximum atomic E-state index is 8.27. The predicted molar refractivity (Wildman–Crippen MR) is 22.7 cm³/mol. The molecule has 1 fully saturated rings. The second kappa shape index (κ2) is 2.59. The number of ether oxygens (including phenoxy) is 1. The Labute approximate surface area is 70.3 Å². The van der Waals surface area contributed by atoms with Gasteiger partial charge in [-0.3, -0.25) is 0 Å². The number of rotatable bonds is 1. The molecule has 0 aromatic heterocycles. The fourth-order valence-electron chi connectivity index (χ4n) is 0.104. The van der Waals surface area contributed by atoms with Gasteiger partial charge >= 0.3 is 43.9 Å². The van der Waals surface area contributed by atoms with Gasteiger partial charge in [0.2, 0.25) is 0 Å². The van der Waals surface area contributed by atoms with Gasteiger partial charge in [-0.25, -0.2) is 0 Å². The van der Waals surface area contributed by atoms with Crippen LogP contribution in [0.2, 0.25) is 0 Å². The molecule has 0 aromatic rings. The molecule has 0 atom stereocenters. The number of hydrogen-bond donors (Lipinski definition) is 1. The van der Waals surface area contributed by atoms with Crippen molar-refractivity contribution in [2.24, 2.45) is 0 Å². The van der Waals surface area contributed by atoms with Crippen LogP contribution in [0.5, 0.6) is 0 Å². The Kier molecular flexibility index (Phi) is 3.00. The van der Waals surface area contributed by atoms with Crippen molar-refractivity contribution in [3.63, 3.8) is 0 Å². The molecule has 0 aromatic carbocycles. The molecule has 4 nitrogen and oxygen atoms in total. The van der Waals surface area contributed by atoms with Gasteiger partial charge in [0.15, 0.2) is 0 Å². The molecular formula is C2H6CaO4. The van der Waals surface area contributed by atoms with Crippen LogP contribution >= 0.6 is 0 Å². The minimum absolute atomic E-state index is 0. The molecule has 0 spiro atoms. The monoisotopic (exact) mass is 134 g/mol. The van der Waals surface area contributed by atoms with Crippen molar-refractivity contribution in [2.75, 3.05) is 7.11 Å². The summed E-state index contributed by atoms with van der Waals surface area (Å²) >= 11 is 0. The van der Waals surface area contributed by atoms with Gasteiger partial charge in [0, 0.05) is 7.11 Å². The average Bonchev–Trinajstić information content (AvgIpc) is 2.22. The van der Waals surface area contributed by atoms with E-state index in [2.05, 4.69) is 14.5 Å². The van der Waals surface area contributed by atoms with E-state index in [0.29, 0.717) is 0 Å². The molecule has 1 aliphatic rings. The fourth-order valence-corrected chi connectivity index (χ4v) is 0.104. The van der Waals surface area contributed by atoms with Crippen molar-refractivity contribution in [1.82, 2.24) is 0 Å². The summed E-state index contributed by atoms with van der Waals surface area (Å²) in [6.07, 6.45) is -1.71. The summed E-state index contributed by atoms with van der Waals surface area (Å²) in [4.78, 5) is 7.76. The van der Waals surface area contributed by atoms with Crippen molar-refractivity contribution >= 4 is 37.7 Å². The Morgan fingerprint density at radius 2 is 2.00 bits per heavy atom. The third kappa shape index (κ3) is 2.23. The van der Waals surface area contributed by atoms with Gasteiger partial charge in [0.05, 0.1) is 0 Å². The third-order valence-corrected chi connectivity index (χ3v) is 0.484. The molecule has 0 bridgehead atoms. The topological polar surface area (TPSA) is 54.5 Å². The van der Waals surface area contributed by atoms with Crippen LogP contribution in [0.25, 0.3) is 0 Å². The Morgan fingerprint density at radius 3 is 2.00 bits per heavy atom. The van der Waals surface area contributed by atoms with Gasteiger partial charge < -0.3 is 9.84 Å². The van der Waals surface area contributed by atoms with Crippen LogP contribution in [0, 0.1) is 0 Å². The summed E-state index contributed by atoms with van der Waals surface area (Å²) in [5, 5.41) is 8.27. The van der Waals surface area contributed by atoms with Gasteiger partial charge in [-0.1, -0.05) is 0 Å². The molecule has 1 N–H and O–H groups in total.